The lowest BCUT2D eigenvalue weighted by atomic mass is 10.0. The van der Waals surface area contributed by atoms with Crippen LogP contribution in [0.5, 0.6) is 0 Å². The second kappa shape index (κ2) is 6.17. The smallest absolute Gasteiger partial charge is 0.0991 e. The molecule has 0 aromatic heterocycles. The highest BCUT2D eigenvalue weighted by atomic mass is 14.9. The molecular formula is C17H18N2. The van der Waals surface area contributed by atoms with Gasteiger partial charge in [-0.15, -0.1) is 0 Å². The summed E-state index contributed by atoms with van der Waals surface area (Å²) in [6, 6.07) is 18.7. The quantitative estimate of drug-likeness (QED) is 0.897. The van der Waals surface area contributed by atoms with Gasteiger partial charge >= 0.3 is 0 Å². The SMILES string of the molecule is Cc1cc(C#N)ccc1CNC(C)c1ccccc1. The third-order valence-electron chi connectivity index (χ3n) is 3.37. The first-order valence-corrected chi connectivity index (χ1v) is 6.48. The highest BCUT2D eigenvalue weighted by Crippen LogP contribution is 2.14. The Balaban J connectivity index is 2.01. The van der Waals surface area contributed by atoms with Crippen LogP contribution in [0, 0.1) is 18.3 Å². The van der Waals surface area contributed by atoms with Gasteiger partial charge in [0, 0.05) is 12.6 Å². The third kappa shape index (κ3) is 3.43. The molecule has 0 saturated heterocycles. The molecule has 0 aliphatic carbocycles. The Morgan fingerprint density at radius 3 is 2.53 bits per heavy atom. The van der Waals surface area contributed by atoms with Gasteiger partial charge in [0.25, 0.3) is 0 Å². The normalized spacial score (nSPS) is 11.8. The van der Waals surface area contributed by atoms with Crippen LogP contribution in [-0.4, -0.2) is 0 Å². The highest BCUT2D eigenvalue weighted by Gasteiger charge is 2.05. The Morgan fingerprint density at radius 2 is 1.89 bits per heavy atom. The summed E-state index contributed by atoms with van der Waals surface area (Å²) in [5, 5.41) is 12.4. The number of hydrogen-bond donors (Lipinski definition) is 1. The van der Waals surface area contributed by atoms with Gasteiger partial charge in [0.05, 0.1) is 11.6 Å². The van der Waals surface area contributed by atoms with Crippen molar-refractivity contribution in [2.75, 3.05) is 0 Å². The number of nitrogens with zero attached hydrogens (tertiary/aromatic N) is 1. The van der Waals surface area contributed by atoms with Gasteiger partial charge in [-0.2, -0.15) is 5.26 Å². The molecule has 0 radical (unpaired) electrons. The van der Waals surface area contributed by atoms with Crippen LogP contribution in [0.1, 0.15) is 35.2 Å². The molecule has 2 rings (SSSR count). The summed E-state index contributed by atoms with van der Waals surface area (Å²) in [6.07, 6.45) is 0. The number of rotatable bonds is 4. The van der Waals surface area contributed by atoms with Crippen LogP contribution in [0.3, 0.4) is 0 Å². The number of nitriles is 1. The number of nitrogens with one attached hydrogen (secondary N) is 1. The Bertz CT molecular complexity index is 582. The van der Waals surface area contributed by atoms with Gasteiger partial charge in [-0.1, -0.05) is 36.4 Å². The zero-order valence-corrected chi connectivity index (χ0v) is 11.4. The van der Waals surface area contributed by atoms with Crippen molar-refractivity contribution < 1.29 is 0 Å². The molecule has 0 aliphatic rings. The monoisotopic (exact) mass is 250 g/mol. The van der Waals surface area contributed by atoms with E-state index < -0.39 is 0 Å². The van der Waals surface area contributed by atoms with E-state index in [2.05, 4.69) is 42.6 Å². The van der Waals surface area contributed by atoms with Crippen molar-refractivity contribution in [3.63, 3.8) is 0 Å². The zero-order chi connectivity index (χ0) is 13.7. The minimum absolute atomic E-state index is 0.316. The van der Waals surface area contributed by atoms with Crippen LogP contribution in [0.4, 0.5) is 0 Å². The predicted molar refractivity (Wildman–Crippen MR) is 77.6 cm³/mol. The van der Waals surface area contributed by atoms with Gasteiger partial charge in [0.2, 0.25) is 0 Å². The maximum absolute atomic E-state index is 8.85. The number of aryl methyl sites for hydroxylation is 1. The van der Waals surface area contributed by atoms with E-state index in [1.165, 1.54) is 11.1 Å². The van der Waals surface area contributed by atoms with Crippen LogP contribution < -0.4 is 5.32 Å². The standard InChI is InChI=1S/C17H18N2/c1-13-10-15(11-18)8-9-17(13)12-19-14(2)16-6-4-3-5-7-16/h3-10,14,19H,12H2,1-2H3. The molecular weight excluding hydrogens is 232 g/mol. The number of hydrogen-bond acceptors (Lipinski definition) is 2. The molecule has 2 nitrogen and oxygen atoms in total. The van der Waals surface area contributed by atoms with E-state index in [-0.39, 0.29) is 0 Å². The highest BCUT2D eigenvalue weighted by molar-refractivity contribution is 5.37. The van der Waals surface area contributed by atoms with Crippen molar-refractivity contribution in [2.24, 2.45) is 0 Å². The topological polar surface area (TPSA) is 35.8 Å². The van der Waals surface area contributed by atoms with Crippen LogP contribution in [0.2, 0.25) is 0 Å². The van der Waals surface area contributed by atoms with Crippen molar-refractivity contribution >= 4 is 0 Å². The molecule has 96 valence electrons. The van der Waals surface area contributed by atoms with E-state index in [0.717, 1.165) is 17.7 Å². The molecule has 0 aliphatic heterocycles. The summed E-state index contributed by atoms with van der Waals surface area (Å²) in [6.45, 7) is 5.02. The lowest BCUT2D eigenvalue weighted by molar-refractivity contribution is 0.573. The van der Waals surface area contributed by atoms with Gasteiger partial charge in [-0.05, 0) is 42.7 Å². The molecule has 0 spiro atoms. The molecule has 19 heavy (non-hydrogen) atoms. The Kier molecular flexibility index (Phi) is 4.33. The lowest BCUT2D eigenvalue weighted by Crippen LogP contribution is -2.18. The largest absolute Gasteiger partial charge is 0.306 e. The summed E-state index contributed by atoms with van der Waals surface area (Å²) in [5.74, 6) is 0. The first-order chi connectivity index (χ1) is 9.20. The summed E-state index contributed by atoms with van der Waals surface area (Å²) >= 11 is 0. The van der Waals surface area contributed by atoms with E-state index >= 15 is 0 Å². The molecule has 0 saturated carbocycles. The average Bonchev–Trinajstić information content (AvgIpc) is 2.46. The summed E-state index contributed by atoms with van der Waals surface area (Å²) < 4.78 is 0. The second-order valence-corrected chi connectivity index (χ2v) is 4.77. The van der Waals surface area contributed by atoms with Crippen molar-refractivity contribution in [3.05, 3.63) is 70.8 Å². The molecule has 0 fully saturated rings. The fourth-order valence-electron chi connectivity index (χ4n) is 2.09. The van der Waals surface area contributed by atoms with E-state index in [9.17, 15) is 0 Å². The van der Waals surface area contributed by atoms with E-state index in [1.807, 2.05) is 31.2 Å². The molecule has 2 heteroatoms. The summed E-state index contributed by atoms with van der Waals surface area (Å²) in [5.41, 5.74) is 4.40. The van der Waals surface area contributed by atoms with Gasteiger partial charge in [-0.3, -0.25) is 0 Å². The molecule has 1 N–H and O–H groups in total. The van der Waals surface area contributed by atoms with Crippen molar-refractivity contribution in [1.29, 1.82) is 5.26 Å². The molecule has 2 aromatic rings. The second-order valence-electron chi connectivity index (χ2n) is 4.77. The first-order valence-electron chi connectivity index (χ1n) is 6.48. The predicted octanol–water partition coefficient (Wildman–Crippen LogP) is 3.72. The molecule has 2 aromatic carbocycles. The van der Waals surface area contributed by atoms with E-state index in [1.54, 1.807) is 0 Å². The lowest BCUT2D eigenvalue weighted by Gasteiger charge is -2.15. The maximum Gasteiger partial charge on any atom is 0.0991 e. The Hall–Kier alpha value is -2.11. The molecule has 1 atom stereocenters. The van der Waals surface area contributed by atoms with E-state index in [0.29, 0.717) is 6.04 Å². The third-order valence-corrected chi connectivity index (χ3v) is 3.37. The molecule has 0 heterocycles. The zero-order valence-electron chi connectivity index (χ0n) is 11.4. The molecule has 1 unspecified atom stereocenters. The fraction of sp³-hybridized carbons (Fsp3) is 0.235. The molecule has 0 amide bonds. The van der Waals surface area contributed by atoms with Gasteiger partial charge in [-0.25, -0.2) is 0 Å². The summed E-state index contributed by atoms with van der Waals surface area (Å²) in [7, 11) is 0. The fourth-order valence-corrected chi connectivity index (χ4v) is 2.09. The van der Waals surface area contributed by atoms with Crippen LogP contribution in [0.15, 0.2) is 48.5 Å². The van der Waals surface area contributed by atoms with Crippen molar-refractivity contribution in [3.8, 4) is 6.07 Å². The van der Waals surface area contributed by atoms with Gasteiger partial charge in [0.1, 0.15) is 0 Å². The van der Waals surface area contributed by atoms with Crippen molar-refractivity contribution in [1.82, 2.24) is 5.32 Å². The Morgan fingerprint density at radius 1 is 1.16 bits per heavy atom. The van der Waals surface area contributed by atoms with Crippen LogP contribution in [0.25, 0.3) is 0 Å². The van der Waals surface area contributed by atoms with Gasteiger partial charge < -0.3 is 5.32 Å². The molecule has 0 bridgehead atoms. The number of benzene rings is 2. The minimum Gasteiger partial charge on any atom is -0.306 e. The van der Waals surface area contributed by atoms with Crippen LogP contribution >= 0.6 is 0 Å². The van der Waals surface area contributed by atoms with Gasteiger partial charge in [0.15, 0.2) is 0 Å². The average molecular weight is 250 g/mol. The van der Waals surface area contributed by atoms with Crippen LogP contribution in [-0.2, 0) is 6.54 Å². The Labute approximate surface area is 114 Å². The maximum atomic E-state index is 8.85. The van der Waals surface area contributed by atoms with Crippen molar-refractivity contribution in [2.45, 2.75) is 26.4 Å². The minimum atomic E-state index is 0.316. The summed E-state index contributed by atoms with van der Waals surface area (Å²) in [4.78, 5) is 0. The van der Waals surface area contributed by atoms with E-state index in [4.69, 9.17) is 5.26 Å². The first kappa shape index (κ1) is 13.3.